The second-order valence-electron chi connectivity index (χ2n) is 2.80. The summed E-state index contributed by atoms with van der Waals surface area (Å²) in [4.78, 5) is 21.4. The highest BCUT2D eigenvalue weighted by Crippen LogP contribution is 2.15. The normalized spacial score (nSPS) is 12.1. The van der Waals surface area contributed by atoms with Crippen molar-refractivity contribution in [3.63, 3.8) is 0 Å². The summed E-state index contributed by atoms with van der Waals surface area (Å²) in [6.45, 7) is 1.59. The smallest absolute Gasteiger partial charge is 0.372 e. The fraction of sp³-hybridized carbons (Fsp3) is 0.200. The van der Waals surface area contributed by atoms with Crippen molar-refractivity contribution in [2.24, 2.45) is 0 Å². The number of carbonyl (C=O) groups is 2. The van der Waals surface area contributed by atoms with Crippen LogP contribution >= 0.6 is 0 Å². The second-order valence-corrected chi connectivity index (χ2v) is 2.80. The average Bonchev–Trinajstić information content (AvgIpc) is 2.17. The van der Waals surface area contributed by atoms with Gasteiger partial charge in [-0.2, -0.15) is 0 Å². The van der Waals surface area contributed by atoms with E-state index in [9.17, 15) is 9.59 Å². The molecular weight excluding hydrogens is 168 g/mol. The van der Waals surface area contributed by atoms with E-state index in [0.717, 1.165) is 5.56 Å². The van der Waals surface area contributed by atoms with Crippen molar-refractivity contribution in [2.45, 2.75) is 12.8 Å². The summed E-state index contributed by atoms with van der Waals surface area (Å²) in [5, 5.41) is 8.46. The molecule has 0 fully saturated rings. The zero-order valence-electron chi connectivity index (χ0n) is 7.23. The summed E-state index contributed by atoms with van der Waals surface area (Å²) in [6.07, 6.45) is 0. The molecule has 0 radical (unpaired) electrons. The van der Waals surface area contributed by atoms with E-state index in [1.54, 1.807) is 31.2 Å². The standard InChI is InChI=1S/C10H10O3/c1-7(9(11)10(12)13)8-5-3-2-4-6-8/h2-7H,1H3,(H,12,13)/t7-/m1/s1. The van der Waals surface area contributed by atoms with Gasteiger partial charge >= 0.3 is 5.97 Å². The molecule has 1 aromatic rings. The third-order valence-corrected chi connectivity index (χ3v) is 1.90. The fourth-order valence-corrected chi connectivity index (χ4v) is 1.08. The highest BCUT2D eigenvalue weighted by atomic mass is 16.4. The number of carboxylic acid groups (broad SMARTS) is 1. The highest BCUT2D eigenvalue weighted by molar-refractivity contribution is 6.34. The molecule has 1 N–H and O–H groups in total. The van der Waals surface area contributed by atoms with E-state index >= 15 is 0 Å². The first kappa shape index (κ1) is 9.45. The van der Waals surface area contributed by atoms with Crippen LogP contribution in [0.2, 0.25) is 0 Å². The number of Topliss-reactive ketones (excluding diaryl/α,β-unsaturated/α-hetero) is 1. The summed E-state index contributed by atoms with van der Waals surface area (Å²) >= 11 is 0. The van der Waals surface area contributed by atoms with Crippen molar-refractivity contribution in [1.29, 1.82) is 0 Å². The maximum atomic E-state index is 11.0. The van der Waals surface area contributed by atoms with E-state index < -0.39 is 17.7 Å². The van der Waals surface area contributed by atoms with Gasteiger partial charge in [0.15, 0.2) is 0 Å². The van der Waals surface area contributed by atoms with Crippen LogP contribution in [0.4, 0.5) is 0 Å². The molecule has 1 aromatic carbocycles. The van der Waals surface area contributed by atoms with Gasteiger partial charge < -0.3 is 5.11 Å². The van der Waals surface area contributed by atoms with Gasteiger partial charge in [-0.05, 0) is 5.56 Å². The monoisotopic (exact) mass is 178 g/mol. The molecule has 0 aliphatic carbocycles. The molecule has 1 rings (SSSR count). The Kier molecular flexibility index (Phi) is 2.80. The Morgan fingerprint density at radius 2 is 1.77 bits per heavy atom. The Balaban J connectivity index is 2.86. The van der Waals surface area contributed by atoms with Crippen molar-refractivity contribution >= 4 is 11.8 Å². The molecule has 0 aromatic heterocycles. The number of carbonyl (C=O) groups excluding carboxylic acids is 1. The minimum atomic E-state index is -1.38. The molecule has 13 heavy (non-hydrogen) atoms. The largest absolute Gasteiger partial charge is 0.475 e. The lowest BCUT2D eigenvalue weighted by Crippen LogP contribution is -2.19. The summed E-state index contributed by atoms with van der Waals surface area (Å²) in [5.41, 5.74) is 0.731. The predicted octanol–water partition coefficient (Wildman–Crippen LogP) is 1.44. The molecule has 0 heterocycles. The zero-order chi connectivity index (χ0) is 9.84. The average molecular weight is 178 g/mol. The number of ketones is 1. The summed E-state index contributed by atoms with van der Waals surface area (Å²) in [5.74, 6) is -2.72. The SMILES string of the molecule is C[C@@H](C(=O)C(=O)O)c1ccccc1. The Bertz CT molecular complexity index is 316. The van der Waals surface area contributed by atoms with Crippen LogP contribution in [-0.4, -0.2) is 16.9 Å². The maximum absolute atomic E-state index is 11.0. The van der Waals surface area contributed by atoms with Crippen LogP contribution in [0.25, 0.3) is 0 Å². The van der Waals surface area contributed by atoms with Crippen molar-refractivity contribution in [3.8, 4) is 0 Å². The number of benzene rings is 1. The van der Waals surface area contributed by atoms with Gasteiger partial charge in [-0.3, -0.25) is 4.79 Å². The zero-order valence-corrected chi connectivity index (χ0v) is 7.23. The van der Waals surface area contributed by atoms with Gasteiger partial charge in [0, 0.05) is 0 Å². The minimum Gasteiger partial charge on any atom is -0.475 e. The van der Waals surface area contributed by atoms with Crippen LogP contribution < -0.4 is 0 Å². The van der Waals surface area contributed by atoms with Gasteiger partial charge in [-0.25, -0.2) is 4.79 Å². The molecule has 0 amide bonds. The van der Waals surface area contributed by atoms with Crippen LogP contribution in [0.15, 0.2) is 30.3 Å². The van der Waals surface area contributed by atoms with Gasteiger partial charge in [0.25, 0.3) is 0 Å². The molecule has 3 heteroatoms. The molecule has 0 unspecified atom stereocenters. The minimum absolute atomic E-state index is 0.571. The number of hydrogen-bond donors (Lipinski definition) is 1. The first-order chi connectivity index (χ1) is 6.13. The Morgan fingerprint density at radius 1 is 1.23 bits per heavy atom. The van der Waals surface area contributed by atoms with E-state index in [2.05, 4.69) is 0 Å². The van der Waals surface area contributed by atoms with Crippen LogP contribution in [0.5, 0.6) is 0 Å². The van der Waals surface area contributed by atoms with Gasteiger partial charge in [0.1, 0.15) is 0 Å². The number of hydrogen-bond acceptors (Lipinski definition) is 2. The van der Waals surface area contributed by atoms with Gasteiger partial charge in [-0.15, -0.1) is 0 Å². The summed E-state index contributed by atoms with van der Waals surface area (Å²) < 4.78 is 0. The fourth-order valence-electron chi connectivity index (χ4n) is 1.08. The molecule has 0 spiro atoms. The van der Waals surface area contributed by atoms with Crippen LogP contribution in [-0.2, 0) is 9.59 Å². The van der Waals surface area contributed by atoms with Crippen molar-refractivity contribution in [3.05, 3.63) is 35.9 Å². The van der Waals surface area contributed by atoms with E-state index in [4.69, 9.17) is 5.11 Å². The maximum Gasteiger partial charge on any atom is 0.372 e. The highest BCUT2D eigenvalue weighted by Gasteiger charge is 2.21. The van der Waals surface area contributed by atoms with E-state index in [-0.39, 0.29) is 0 Å². The molecule has 3 nitrogen and oxygen atoms in total. The van der Waals surface area contributed by atoms with E-state index in [1.807, 2.05) is 6.07 Å². The molecule has 0 saturated carbocycles. The van der Waals surface area contributed by atoms with Gasteiger partial charge in [0.05, 0.1) is 5.92 Å². The predicted molar refractivity (Wildman–Crippen MR) is 47.5 cm³/mol. The number of carboxylic acids is 1. The summed E-state index contributed by atoms with van der Waals surface area (Å²) in [7, 11) is 0. The quantitative estimate of drug-likeness (QED) is 0.712. The van der Waals surface area contributed by atoms with Crippen LogP contribution in [0.3, 0.4) is 0 Å². The van der Waals surface area contributed by atoms with E-state index in [1.165, 1.54) is 0 Å². The van der Waals surface area contributed by atoms with Gasteiger partial charge in [-0.1, -0.05) is 37.3 Å². The van der Waals surface area contributed by atoms with Crippen molar-refractivity contribution in [2.75, 3.05) is 0 Å². The first-order valence-electron chi connectivity index (χ1n) is 3.95. The molecule has 1 atom stereocenters. The van der Waals surface area contributed by atoms with Crippen LogP contribution in [0.1, 0.15) is 18.4 Å². The lowest BCUT2D eigenvalue weighted by molar-refractivity contribution is -0.149. The Hall–Kier alpha value is -1.64. The van der Waals surface area contributed by atoms with Crippen LogP contribution in [0, 0.1) is 0 Å². The second kappa shape index (κ2) is 3.85. The number of aliphatic carboxylic acids is 1. The third kappa shape index (κ3) is 2.15. The first-order valence-corrected chi connectivity index (χ1v) is 3.95. The summed E-state index contributed by atoms with van der Waals surface area (Å²) in [6, 6.07) is 8.86. The molecule has 0 aliphatic heterocycles. The van der Waals surface area contributed by atoms with Crippen molar-refractivity contribution in [1.82, 2.24) is 0 Å². The third-order valence-electron chi connectivity index (χ3n) is 1.90. The van der Waals surface area contributed by atoms with Crippen molar-refractivity contribution < 1.29 is 14.7 Å². The van der Waals surface area contributed by atoms with Gasteiger partial charge in [0.2, 0.25) is 5.78 Å². The molecule has 0 saturated heterocycles. The molecule has 68 valence electrons. The lowest BCUT2D eigenvalue weighted by Gasteiger charge is -2.06. The Labute approximate surface area is 76.0 Å². The van der Waals surface area contributed by atoms with E-state index in [0.29, 0.717) is 0 Å². The number of rotatable bonds is 3. The lowest BCUT2D eigenvalue weighted by atomic mass is 9.97. The molecule has 0 aliphatic rings. The topological polar surface area (TPSA) is 54.4 Å². The molecule has 0 bridgehead atoms. The Morgan fingerprint density at radius 3 is 2.23 bits per heavy atom. The molecular formula is C10H10O3.